The van der Waals surface area contributed by atoms with Crippen LogP contribution in [-0.2, 0) is 27.9 Å². The van der Waals surface area contributed by atoms with Gasteiger partial charge in [0.05, 0.1) is 6.61 Å². The molecular formula is C27H35O10P. The van der Waals surface area contributed by atoms with Crippen LogP contribution in [-0.4, -0.2) is 56.9 Å². The summed E-state index contributed by atoms with van der Waals surface area (Å²) in [6.07, 6.45) is 8.45. The van der Waals surface area contributed by atoms with Gasteiger partial charge in [0.1, 0.15) is 12.2 Å². The van der Waals surface area contributed by atoms with Crippen molar-refractivity contribution in [2.45, 2.75) is 59.4 Å². The molecule has 4 N–H and O–H groups in total. The van der Waals surface area contributed by atoms with Crippen LogP contribution in [0.3, 0.4) is 0 Å². The lowest BCUT2D eigenvalue weighted by molar-refractivity contribution is -0.147. The van der Waals surface area contributed by atoms with Gasteiger partial charge < -0.3 is 24.9 Å². The van der Waals surface area contributed by atoms with Crippen molar-refractivity contribution in [1.82, 2.24) is 0 Å². The van der Waals surface area contributed by atoms with E-state index in [0.717, 1.165) is 16.7 Å². The van der Waals surface area contributed by atoms with E-state index in [1.807, 2.05) is 64.2 Å². The third kappa shape index (κ3) is 7.99. The Labute approximate surface area is 222 Å². The summed E-state index contributed by atoms with van der Waals surface area (Å²) < 4.78 is 27.0. The molecule has 2 unspecified atom stereocenters. The van der Waals surface area contributed by atoms with Crippen LogP contribution in [0.25, 0.3) is 0 Å². The minimum Gasteiger partial charge on any atom is -0.505 e. The van der Waals surface area contributed by atoms with E-state index in [2.05, 4.69) is 11.3 Å². The predicted octanol–water partition coefficient (Wildman–Crippen LogP) is 4.61. The van der Waals surface area contributed by atoms with E-state index in [-0.39, 0.29) is 6.42 Å². The van der Waals surface area contributed by atoms with Gasteiger partial charge in [-0.1, -0.05) is 74.1 Å². The quantitative estimate of drug-likeness (QED) is 0.162. The molecule has 1 heterocycles. The number of phosphoric ester groups is 1. The van der Waals surface area contributed by atoms with Crippen molar-refractivity contribution in [3.63, 3.8) is 0 Å². The largest absolute Gasteiger partial charge is 0.505 e. The first kappa shape index (κ1) is 31.2. The molecule has 0 aromatic rings. The number of cyclic esters (lactones) is 1. The third-order valence-electron chi connectivity index (χ3n) is 6.06. The van der Waals surface area contributed by atoms with Gasteiger partial charge in [-0.25, -0.2) is 9.36 Å². The van der Waals surface area contributed by atoms with E-state index in [1.54, 1.807) is 13.0 Å². The summed E-state index contributed by atoms with van der Waals surface area (Å²) >= 11 is 0. The lowest BCUT2D eigenvalue weighted by Crippen LogP contribution is -2.37. The molecular weight excluding hydrogens is 515 g/mol. The number of Topliss-reactive ketones (excluding diaryl/α,β-unsaturated/α-hetero) is 1. The predicted molar refractivity (Wildman–Crippen MR) is 141 cm³/mol. The highest BCUT2D eigenvalue weighted by atomic mass is 31.2. The molecule has 4 atom stereocenters. The van der Waals surface area contributed by atoms with Crippen molar-refractivity contribution in [1.29, 1.82) is 0 Å². The summed E-state index contributed by atoms with van der Waals surface area (Å²) in [5.74, 6) is -3.73. The van der Waals surface area contributed by atoms with E-state index < -0.39 is 61.4 Å². The molecule has 0 fully saturated rings. The third-order valence-corrected chi connectivity index (χ3v) is 7.06. The van der Waals surface area contributed by atoms with Crippen molar-refractivity contribution in [2.75, 3.05) is 6.61 Å². The number of ether oxygens (including phenoxy) is 1. The highest BCUT2D eigenvalue weighted by Gasteiger charge is 2.44. The molecule has 10 nitrogen and oxygen atoms in total. The molecule has 0 amide bonds. The summed E-state index contributed by atoms with van der Waals surface area (Å²) in [6.45, 7) is 12.0. The number of carbonyl (C=O) groups is 2. The zero-order valence-electron chi connectivity index (χ0n) is 22.1. The number of aliphatic hydroxyl groups is 3. The first-order valence-electron chi connectivity index (χ1n) is 11.8. The van der Waals surface area contributed by atoms with Crippen LogP contribution in [0.1, 0.15) is 41.0 Å². The second kappa shape index (κ2) is 12.7. The molecule has 208 valence electrons. The summed E-state index contributed by atoms with van der Waals surface area (Å²) in [7, 11) is -4.85. The first-order chi connectivity index (χ1) is 17.6. The van der Waals surface area contributed by atoms with Crippen LogP contribution in [0.4, 0.5) is 0 Å². The van der Waals surface area contributed by atoms with Gasteiger partial charge in [-0.05, 0) is 43.8 Å². The number of aliphatic hydroxyl groups excluding tert-OH is 3. The van der Waals surface area contributed by atoms with E-state index in [4.69, 9.17) is 9.05 Å². The van der Waals surface area contributed by atoms with Crippen molar-refractivity contribution in [2.24, 2.45) is 5.41 Å². The number of phosphoric acid groups is 1. The highest BCUT2D eigenvalue weighted by molar-refractivity contribution is 7.47. The molecule has 2 rings (SSSR count). The molecule has 0 saturated carbocycles. The summed E-state index contributed by atoms with van der Waals surface area (Å²) in [6, 6.07) is 0. The zero-order valence-corrected chi connectivity index (χ0v) is 23.0. The van der Waals surface area contributed by atoms with Crippen molar-refractivity contribution >= 4 is 19.6 Å². The topological polar surface area (TPSA) is 160 Å². The Kier molecular flexibility index (Phi) is 10.4. The fourth-order valence-corrected chi connectivity index (χ4v) is 4.92. The minimum absolute atomic E-state index is 0.0884. The Hall–Kier alpha value is -3.01. The molecule has 1 aliphatic carbocycles. The van der Waals surface area contributed by atoms with Gasteiger partial charge in [0.15, 0.2) is 17.6 Å². The molecule has 0 aromatic carbocycles. The van der Waals surface area contributed by atoms with Crippen LogP contribution in [0.2, 0.25) is 0 Å². The van der Waals surface area contributed by atoms with Gasteiger partial charge in [-0.15, -0.1) is 0 Å². The monoisotopic (exact) mass is 550 g/mol. The molecule has 38 heavy (non-hydrogen) atoms. The number of rotatable bonds is 11. The molecule has 2 aliphatic rings. The lowest BCUT2D eigenvalue weighted by atomic mass is 9.71. The normalized spacial score (nSPS) is 25.3. The number of ketones is 1. The summed E-state index contributed by atoms with van der Waals surface area (Å²) in [5, 5.41) is 29.0. The van der Waals surface area contributed by atoms with Gasteiger partial charge in [0, 0.05) is 0 Å². The zero-order chi connectivity index (χ0) is 28.8. The molecule has 0 bridgehead atoms. The van der Waals surface area contributed by atoms with E-state index in [9.17, 15) is 34.4 Å². The standard InChI is InChI=1S/C27H35O10P/c1-7-9-16(2)10-8-11-17(3)12-13-19-18(4)22(29)21(14-27(19,5)6)37-38(33,34)35-15-20(28)25-23(30)24(31)26(32)36-25/h7-13,20-21,25,28,30-31H,1,14-15H2,2-6H3,(H,33,34)/b10-8+,13-12+,16-9+,17-11+/t20-,21?,25+/m0/s1. The summed E-state index contributed by atoms with van der Waals surface area (Å²) in [5.41, 5.74) is 2.54. The number of esters is 1. The smallest absolute Gasteiger partial charge is 0.472 e. The molecule has 0 saturated heterocycles. The van der Waals surface area contributed by atoms with Gasteiger partial charge in [-0.2, -0.15) is 0 Å². The van der Waals surface area contributed by atoms with Gasteiger partial charge in [0.25, 0.3) is 0 Å². The lowest BCUT2D eigenvalue weighted by Gasteiger charge is -2.36. The molecule has 0 aromatic heterocycles. The Bertz CT molecular complexity index is 1200. The maximum atomic E-state index is 13.0. The number of hydrogen-bond acceptors (Lipinski definition) is 9. The Morgan fingerprint density at radius 1 is 1.21 bits per heavy atom. The number of allylic oxidation sites excluding steroid dienone is 10. The SMILES string of the molecule is C=C/C=C(C)/C=C/C=C(C)/C=C/C1=C(C)C(=O)C(OP(=O)(O)OC[C@H](O)[C@H]2OC(=O)C(O)=C2O)CC1(C)C. The molecule has 0 spiro atoms. The maximum Gasteiger partial charge on any atom is 0.472 e. The first-order valence-corrected chi connectivity index (χ1v) is 13.3. The second-order valence-corrected chi connectivity index (χ2v) is 11.1. The fourth-order valence-electron chi connectivity index (χ4n) is 4.02. The van der Waals surface area contributed by atoms with Crippen LogP contribution in [0.15, 0.2) is 82.9 Å². The second-order valence-electron chi connectivity index (χ2n) is 9.73. The Morgan fingerprint density at radius 3 is 2.42 bits per heavy atom. The van der Waals surface area contributed by atoms with Crippen LogP contribution >= 0.6 is 7.82 Å². The maximum absolute atomic E-state index is 13.0. The Morgan fingerprint density at radius 2 is 1.84 bits per heavy atom. The fraction of sp³-hybridized carbons (Fsp3) is 0.407. The van der Waals surface area contributed by atoms with E-state index in [0.29, 0.717) is 5.57 Å². The number of carbonyl (C=O) groups excluding carboxylic acids is 2. The van der Waals surface area contributed by atoms with E-state index >= 15 is 0 Å². The van der Waals surface area contributed by atoms with Gasteiger partial charge in [0.2, 0.25) is 5.76 Å². The number of hydrogen-bond donors (Lipinski definition) is 4. The average Bonchev–Trinajstić information content (AvgIpc) is 3.08. The molecule has 11 heteroatoms. The Balaban J connectivity index is 2.09. The van der Waals surface area contributed by atoms with Crippen LogP contribution in [0.5, 0.6) is 0 Å². The highest BCUT2D eigenvalue weighted by Crippen LogP contribution is 2.50. The van der Waals surface area contributed by atoms with Crippen LogP contribution in [0, 0.1) is 5.41 Å². The molecule has 1 aliphatic heterocycles. The molecule has 0 radical (unpaired) electrons. The van der Waals surface area contributed by atoms with Gasteiger partial charge in [-0.3, -0.25) is 13.8 Å². The average molecular weight is 551 g/mol. The van der Waals surface area contributed by atoms with E-state index in [1.165, 1.54) is 0 Å². The van der Waals surface area contributed by atoms with Crippen LogP contribution < -0.4 is 0 Å². The van der Waals surface area contributed by atoms with Crippen molar-refractivity contribution < 1.29 is 48.2 Å². The minimum atomic E-state index is -4.85. The summed E-state index contributed by atoms with van der Waals surface area (Å²) in [4.78, 5) is 34.4. The van der Waals surface area contributed by atoms with Gasteiger partial charge >= 0.3 is 13.8 Å². The van der Waals surface area contributed by atoms with Crippen molar-refractivity contribution in [3.05, 3.63) is 82.9 Å². The van der Waals surface area contributed by atoms with Crippen molar-refractivity contribution in [3.8, 4) is 0 Å².